The van der Waals surface area contributed by atoms with Crippen LogP contribution in [0, 0.1) is 11.3 Å². The van der Waals surface area contributed by atoms with Gasteiger partial charge < -0.3 is 10.6 Å². The van der Waals surface area contributed by atoms with Gasteiger partial charge in [0.2, 0.25) is 0 Å². The number of amides is 1. The van der Waals surface area contributed by atoms with Gasteiger partial charge in [0.25, 0.3) is 5.91 Å². The maximum atomic E-state index is 12.0. The number of nitriles is 1. The van der Waals surface area contributed by atoms with E-state index in [9.17, 15) is 4.79 Å². The predicted molar refractivity (Wildman–Crippen MR) is 93.0 cm³/mol. The summed E-state index contributed by atoms with van der Waals surface area (Å²) >= 11 is 3.38. The topological polar surface area (TPSA) is 64.9 Å². The van der Waals surface area contributed by atoms with Crippen LogP contribution in [0.15, 0.2) is 70.8 Å². The van der Waals surface area contributed by atoms with Gasteiger partial charge in [0.1, 0.15) is 11.6 Å². The average Bonchev–Trinajstić information content (AvgIpc) is 2.59. The third kappa shape index (κ3) is 5.61. The minimum atomic E-state index is -0.389. The minimum Gasteiger partial charge on any atom is -0.386 e. The lowest BCUT2D eigenvalue weighted by Gasteiger charge is -2.05. The van der Waals surface area contributed by atoms with E-state index < -0.39 is 0 Å². The number of nitrogens with one attached hydrogen (secondary N) is 2. The standard InChI is InChI=1S/C18H16BrN3O/c19-17-8-6-15(7-9-17)11-21-13-16(10-20)18(23)22-12-14-4-2-1-3-5-14/h1-9,13,21H,11-12H2,(H,22,23)/b16-13-. The molecule has 2 rings (SSSR count). The Morgan fingerprint density at radius 1 is 1.04 bits per heavy atom. The zero-order valence-corrected chi connectivity index (χ0v) is 14.0. The molecule has 0 heterocycles. The van der Waals surface area contributed by atoms with Crippen LogP contribution in [0.2, 0.25) is 0 Å². The van der Waals surface area contributed by atoms with Gasteiger partial charge in [-0.3, -0.25) is 4.79 Å². The van der Waals surface area contributed by atoms with Gasteiger partial charge in [0.05, 0.1) is 0 Å². The number of benzene rings is 2. The Bertz CT molecular complexity index is 718. The van der Waals surface area contributed by atoms with Crippen molar-refractivity contribution in [3.05, 3.63) is 82.0 Å². The highest BCUT2D eigenvalue weighted by Gasteiger charge is 2.07. The van der Waals surface area contributed by atoms with E-state index in [2.05, 4.69) is 26.6 Å². The molecule has 0 aliphatic rings. The molecule has 0 radical (unpaired) electrons. The summed E-state index contributed by atoms with van der Waals surface area (Å²) in [5.74, 6) is -0.389. The predicted octanol–water partition coefficient (Wildman–Crippen LogP) is 3.26. The van der Waals surface area contributed by atoms with Crippen molar-refractivity contribution in [2.75, 3.05) is 0 Å². The molecule has 0 aromatic heterocycles. The molecule has 23 heavy (non-hydrogen) atoms. The summed E-state index contributed by atoms with van der Waals surface area (Å²) in [6, 6.07) is 19.3. The Morgan fingerprint density at radius 3 is 2.35 bits per heavy atom. The molecule has 0 aliphatic heterocycles. The van der Waals surface area contributed by atoms with E-state index in [1.807, 2.05) is 60.7 Å². The molecule has 0 unspecified atom stereocenters. The Labute approximate surface area is 144 Å². The van der Waals surface area contributed by atoms with Crippen molar-refractivity contribution >= 4 is 21.8 Å². The molecular formula is C18H16BrN3O. The lowest BCUT2D eigenvalue weighted by molar-refractivity contribution is -0.117. The molecule has 0 bridgehead atoms. The van der Waals surface area contributed by atoms with Crippen LogP contribution in [-0.2, 0) is 17.9 Å². The van der Waals surface area contributed by atoms with Crippen LogP contribution < -0.4 is 10.6 Å². The lowest BCUT2D eigenvalue weighted by atomic mass is 10.2. The second-order valence-electron chi connectivity index (χ2n) is 4.85. The first-order valence-electron chi connectivity index (χ1n) is 7.09. The van der Waals surface area contributed by atoms with Gasteiger partial charge >= 0.3 is 0 Å². The zero-order valence-electron chi connectivity index (χ0n) is 12.4. The van der Waals surface area contributed by atoms with Gasteiger partial charge in [-0.2, -0.15) is 5.26 Å². The summed E-state index contributed by atoms with van der Waals surface area (Å²) in [5.41, 5.74) is 2.10. The molecule has 0 spiro atoms. The normalized spacial score (nSPS) is 10.7. The van der Waals surface area contributed by atoms with Crippen LogP contribution in [0.1, 0.15) is 11.1 Å². The number of rotatable bonds is 6. The second kappa shape index (κ2) is 8.76. The van der Waals surface area contributed by atoms with Gasteiger partial charge in [-0.05, 0) is 23.3 Å². The van der Waals surface area contributed by atoms with Crippen LogP contribution in [0.5, 0.6) is 0 Å². The van der Waals surface area contributed by atoms with Crippen molar-refractivity contribution in [1.82, 2.24) is 10.6 Å². The lowest BCUT2D eigenvalue weighted by Crippen LogP contribution is -2.25. The van der Waals surface area contributed by atoms with Crippen molar-refractivity contribution in [1.29, 1.82) is 5.26 Å². The minimum absolute atomic E-state index is 0.0537. The molecule has 5 heteroatoms. The summed E-state index contributed by atoms with van der Waals surface area (Å²) in [4.78, 5) is 12.0. The second-order valence-corrected chi connectivity index (χ2v) is 5.76. The molecule has 0 aliphatic carbocycles. The highest BCUT2D eigenvalue weighted by molar-refractivity contribution is 9.10. The zero-order chi connectivity index (χ0) is 16.5. The van der Waals surface area contributed by atoms with Crippen LogP contribution in [0.3, 0.4) is 0 Å². The van der Waals surface area contributed by atoms with Crippen molar-refractivity contribution < 1.29 is 4.79 Å². The number of nitrogens with zero attached hydrogens (tertiary/aromatic N) is 1. The van der Waals surface area contributed by atoms with Gasteiger partial charge in [0, 0.05) is 23.8 Å². The first kappa shape index (κ1) is 16.8. The SMILES string of the molecule is N#C/C(=C/NCc1ccc(Br)cc1)C(=O)NCc1ccccc1. The van der Waals surface area contributed by atoms with E-state index in [-0.39, 0.29) is 11.5 Å². The quantitative estimate of drug-likeness (QED) is 0.606. The van der Waals surface area contributed by atoms with Gasteiger partial charge in [-0.15, -0.1) is 0 Å². The third-order valence-electron chi connectivity index (χ3n) is 3.13. The van der Waals surface area contributed by atoms with E-state index in [1.165, 1.54) is 6.20 Å². The van der Waals surface area contributed by atoms with E-state index in [0.29, 0.717) is 13.1 Å². The van der Waals surface area contributed by atoms with Gasteiger partial charge in [0.15, 0.2) is 0 Å². The summed E-state index contributed by atoms with van der Waals surface area (Å²) in [6.45, 7) is 0.940. The number of hydrogen-bond donors (Lipinski definition) is 2. The molecule has 0 saturated heterocycles. The third-order valence-corrected chi connectivity index (χ3v) is 3.66. The molecule has 2 N–H and O–H groups in total. The largest absolute Gasteiger partial charge is 0.386 e. The Kier molecular flexibility index (Phi) is 6.40. The van der Waals surface area contributed by atoms with Gasteiger partial charge in [-0.25, -0.2) is 0 Å². The molecule has 0 fully saturated rings. The van der Waals surface area contributed by atoms with E-state index in [4.69, 9.17) is 5.26 Å². The van der Waals surface area contributed by atoms with Crippen molar-refractivity contribution in [2.45, 2.75) is 13.1 Å². The number of hydrogen-bond acceptors (Lipinski definition) is 3. The maximum Gasteiger partial charge on any atom is 0.263 e. The van der Waals surface area contributed by atoms with Gasteiger partial charge in [-0.1, -0.05) is 58.4 Å². The Balaban J connectivity index is 1.86. The van der Waals surface area contributed by atoms with Crippen molar-refractivity contribution in [3.63, 3.8) is 0 Å². The van der Waals surface area contributed by atoms with E-state index >= 15 is 0 Å². The fraction of sp³-hybridized carbons (Fsp3) is 0.111. The number of halogens is 1. The molecule has 116 valence electrons. The molecular weight excluding hydrogens is 354 g/mol. The monoisotopic (exact) mass is 369 g/mol. The Morgan fingerprint density at radius 2 is 1.70 bits per heavy atom. The van der Waals surface area contributed by atoms with Crippen molar-refractivity contribution in [3.8, 4) is 6.07 Å². The fourth-order valence-corrected chi connectivity index (χ4v) is 2.16. The molecule has 0 atom stereocenters. The summed E-state index contributed by atoms with van der Waals surface area (Å²) in [6.07, 6.45) is 1.45. The summed E-state index contributed by atoms with van der Waals surface area (Å²) in [5, 5.41) is 14.8. The van der Waals surface area contributed by atoms with Crippen molar-refractivity contribution in [2.24, 2.45) is 0 Å². The maximum absolute atomic E-state index is 12.0. The molecule has 4 nitrogen and oxygen atoms in total. The van der Waals surface area contributed by atoms with Crippen LogP contribution in [-0.4, -0.2) is 5.91 Å². The first-order valence-corrected chi connectivity index (χ1v) is 7.88. The smallest absolute Gasteiger partial charge is 0.263 e. The number of carbonyl (C=O) groups excluding carboxylic acids is 1. The van der Waals surface area contributed by atoms with E-state index in [1.54, 1.807) is 0 Å². The average molecular weight is 370 g/mol. The van der Waals surface area contributed by atoms with Crippen LogP contribution >= 0.6 is 15.9 Å². The molecule has 1 amide bonds. The molecule has 2 aromatic rings. The summed E-state index contributed by atoms with van der Waals surface area (Å²) < 4.78 is 1.01. The number of carbonyl (C=O) groups is 1. The first-order chi connectivity index (χ1) is 11.2. The van der Waals surface area contributed by atoms with Crippen LogP contribution in [0.4, 0.5) is 0 Å². The highest BCUT2D eigenvalue weighted by Crippen LogP contribution is 2.10. The fourth-order valence-electron chi connectivity index (χ4n) is 1.90. The highest BCUT2D eigenvalue weighted by atomic mass is 79.9. The van der Waals surface area contributed by atoms with E-state index in [0.717, 1.165) is 15.6 Å². The Hall–Kier alpha value is -2.58. The van der Waals surface area contributed by atoms with Crippen LogP contribution in [0.25, 0.3) is 0 Å². The molecule has 2 aromatic carbocycles. The summed E-state index contributed by atoms with van der Waals surface area (Å²) in [7, 11) is 0. The molecule has 0 saturated carbocycles.